The highest BCUT2D eigenvalue weighted by molar-refractivity contribution is 7.71. The van der Waals surface area contributed by atoms with Crippen molar-refractivity contribution >= 4 is 23.2 Å². The van der Waals surface area contributed by atoms with Gasteiger partial charge in [0, 0.05) is 7.05 Å². The zero-order chi connectivity index (χ0) is 13.1. The lowest BCUT2D eigenvalue weighted by atomic mass is 10.2. The first-order valence-corrected chi connectivity index (χ1v) is 6.31. The van der Waals surface area contributed by atoms with Crippen LogP contribution in [0.15, 0.2) is 27.4 Å². The lowest BCUT2D eigenvalue weighted by Crippen LogP contribution is -2.15. The summed E-state index contributed by atoms with van der Waals surface area (Å²) in [7, 11) is 1.60. The van der Waals surface area contributed by atoms with Crippen molar-refractivity contribution in [3.05, 3.63) is 33.4 Å². The van der Waals surface area contributed by atoms with Crippen LogP contribution in [0.1, 0.15) is 19.8 Å². The maximum atomic E-state index is 11.4. The number of hydrogen-bond donors (Lipinski definition) is 0. The van der Waals surface area contributed by atoms with E-state index in [1.54, 1.807) is 19.2 Å². The molecule has 0 aliphatic rings. The second-order valence-electron chi connectivity index (χ2n) is 4.09. The van der Waals surface area contributed by atoms with Gasteiger partial charge in [0.1, 0.15) is 16.0 Å². The van der Waals surface area contributed by atoms with Crippen LogP contribution < -0.4 is 10.5 Å². The Morgan fingerprint density at radius 1 is 1.44 bits per heavy atom. The van der Waals surface area contributed by atoms with Crippen LogP contribution in [0.3, 0.4) is 0 Å². The molecule has 1 aromatic heterocycles. The average molecular weight is 265 g/mol. The molecule has 4 nitrogen and oxygen atoms in total. The number of ether oxygens (including phenoxy) is 1. The van der Waals surface area contributed by atoms with E-state index in [1.807, 2.05) is 6.07 Å². The predicted molar refractivity (Wildman–Crippen MR) is 72.7 cm³/mol. The van der Waals surface area contributed by atoms with Gasteiger partial charge in [-0.1, -0.05) is 25.6 Å². The molecule has 5 heteroatoms. The molecule has 0 saturated heterocycles. The minimum atomic E-state index is -0.452. The van der Waals surface area contributed by atoms with E-state index in [0.29, 0.717) is 16.8 Å². The third-order valence-corrected chi connectivity index (χ3v) is 3.22. The topological polar surface area (TPSA) is 44.4 Å². The largest absolute Gasteiger partial charge is 0.494 e. The Hall–Kier alpha value is -1.62. The third-order valence-electron chi connectivity index (χ3n) is 2.72. The van der Waals surface area contributed by atoms with Crippen LogP contribution in [0, 0.1) is 4.64 Å². The molecule has 96 valence electrons. The zero-order valence-electron chi connectivity index (χ0n) is 10.4. The van der Waals surface area contributed by atoms with Gasteiger partial charge >= 0.3 is 5.76 Å². The first kappa shape index (κ1) is 12.8. The molecule has 0 spiro atoms. The Labute approximate surface area is 110 Å². The van der Waals surface area contributed by atoms with Crippen molar-refractivity contribution < 1.29 is 9.15 Å². The van der Waals surface area contributed by atoms with E-state index in [9.17, 15) is 4.79 Å². The van der Waals surface area contributed by atoms with Crippen molar-refractivity contribution in [3.63, 3.8) is 0 Å². The molecule has 0 bridgehead atoms. The molecule has 1 aromatic carbocycles. The van der Waals surface area contributed by atoms with Gasteiger partial charge in [0.05, 0.1) is 12.0 Å². The first-order valence-electron chi connectivity index (χ1n) is 5.90. The lowest BCUT2D eigenvalue weighted by molar-refractivity contribution is 0.309. The molecular weight excluding hydrogens is 250 g/mol. The fourth-order valence-corrected chi connectivity index (χ4v) is 1.85. The first-order chi connectivity index (χ1) is 8.63. The summed E-state index contributed by atoms with van der Waals surface area (Å²) >= 11 is 5.22. The smallest absolute Gasteiger partial charge is 0.420 e. The van der Waals surface area contributed by atoms with Crippen LogP contribution in [0.5, 0.6) is 5.75 Å². The van der Waals surface area contributed by atoms with Gasteiger partial charge in [-0.3, -0.25) is 4.57 Å². The number of fused-ring (bicyclic) bond motifs is 1. The zero-order valence-corrected chi connectivity index (χ0v) is 11.3. The minimum Gasteiger partial charge on any atom is -0.494 e. The van der Waals surface area contributed by atoms with Gasteiger partial charge < -0.3 is 9.15 Å². The van der Waals surface area contributed by atoms with Crippen molar-refractivity contribution in [2.75, 3.05) is 6.61 Å². The van der Waals surface area contributed by atoms with Crippen molar-refractivity contribution in [2.45, 2.75) is 19.8 Å². The molecule has 0 aliphatic heterocycles. The van der Waals surface area contributed by atoms with Crippen LogP contribution in [0.25, 0.3) is 11.0 Å². The highest BCUT2D eigenvalue weighted by Gasteiger charge is 2.05. The number of aromatic nitrogens is 1. The molecule has 0 atom stereocenters. The number of benzene rings is 1. The Kier molecular flexibility index (Phi) is 3.81. The summed E-state index contributed by atoms with van der Waals surface area (Å²) in [5, 5.41) is 0.723. The molecular formula is C13H15NO3S. The number of rotatable bonds is 4. The fourth-order valence-electron chi connectivity index (χ4n) is 1.62. The second-order valence-corrected chi connectivity index (χ2v) is 4.48. The van der Waals surface area contributed by atoms with Crippen LogP contribution in [0.2, 0.25) is 0 Å². The summed E-state index contributed by atoms with van der Waals surface area (Å²) in [5.74, 6) is 0.294. The Morgan fingerprint density at radius 3 is 2.94 bits per heavy atom. The van der Waals surface area contributed by atoms with Gasteiger partial charge in [-0.25, -0.2) is 4.79 Å². The maximum Gasteiger partial charge on any atom is 0.420 e. The molecule has 0 saturated carbocycles. The van der Waals surface area contributed by atoms with Gasteiger partial charge in [0.2, 0.25) is 0 Å². The summed E-state index contributed by atoms with van der Waals surface area (Å²) < 4.78 is 12.5. The summed E-state index contributed by atoms with van der Waals surface area (Å²) in [6, 6.07) is 5.32. The number of unbranched alkanes of at least 4 members (excludes halogenated alkanes) is 1. The van der Waals surface area contributed by atoms with Crippen molar-refractivity contribution in [1.29, 1.82) is 0 Å². The molecule has 0 aliphatic carbocycles. The fraction of sp³-hybridized carbons (Fsp3) is 0.385. The van der Waals surface area contributed by atoms with Gasteiger partial charge in [-0.2, -0.15) is 0 Å². The summed E-state index contributed by atoms with van der Waals surface area (Å²) in [4.78, 5) is 11.4. The van der Waals surface area contributed by atoms with Gasteiger partial charge in [0.25, 0.3) is 0 Å². The average Bonchev–Trinajstić information content (AvgIpc) is 2.37. The van der Waals surface area contributed by atoms with Gasteiger partial charge in [-0.05, 0) is 24.6 Å². The molecule has 0 N–H and O–H groups in total. The van der Waals surface area contributed by atoms with Gasteiger partial charge in [0.15, 0.2) is 0 Å². The van der Waals surface area contributed by atoms with Crippen LogP contribution >= 0.6 is 12.2 Å². The molecule has 0 unspecified atom stereocenters. The second kappa shape index (κ2) is 5.35. The van der Waals surface area contributed by atoms with Crippen LogP contribution in [-0.2, 0) is 7.05 Å². The van der Waals surface area contributed by atoms with Crippen molar-refractivity contribution in [1.82, 2.24) is 4.57 Å². The monoisotopic (exact) mass is 265 g/mol. The van der Waals surface area contributed by atoms with E-state index in [2.05, 4.69) is 6.92 Å². The highest BCUT2D eigenvalue weighted by Crippen LogP contribution is 2.20. The SMILES string of the molecule is CCCCOc1ccc2oc(=O)n(C)c(=S)c2c1. The summed E-state index contributed by atoms with van der Waals surface area (Å²) in [5.41, 5.74) is 0.492. The molecule has 0 amide bonds. The standard InChI is InChI=1S/C13H15NO3S/c1-3-4-7-16-9-5-6-11-10(8-9)12(18)14(2)13(15)17-11/h5-6,8H,3-4,7H2,1-2H3. The summed E-state index contributed by atoms with van der Waals surface area (Å²) in [6.07, 6.45) is 2.10. The molecule has 2 rings (SSSR count). The minimum absolute atomic E-state index is 0.452. The molecule has 18 heavy (non-hydrogen) atoms. The lowest BCUT2D eigenvalue weighted by Gasteiger charge is -2.07. The van der Waals surface area contributed by atoms with E-state index >= 15 is 0 Å². The van der Waals surface area contributed by atoms with Gasteiger partial charge in [-0.15, -0.1) is 0 Å². The van der Waals surface area contributed by atoms with Crippen molar-refractivity contribution in [2.24, 2.45) is 7.05 Å². The highest BCUT2D eigenvalue weighted by atomic mass is 32.1. The molecule has 0 fully saturated rings. The third kappa shape index (κ3) is 2.46. The molecule has 0 radical (unpaired) electrons. The van der Waals surface area contributed by atoms with E-state index in [4.69, 9.17) is 21.4 Å². The number of nitrogens with zero attached hydrogens (tertiary/aromatic N) is 1. The van der Waals surface area contributed by atoms with E-state index in [-0.39, 0.29) is 0 Å². The van der Waals surface area contributed by atoms with Crippen molar-refractivity contribution in [3.8, 4) is 5.75 Å². The van der Waals surface area contributed by atoms with E-state index in [0.717, 1.165) is 24.0 Å². The Morgan fingerprint density at radius 2 is 2.22 bits per heavy atom. The van der Waals surface area contributed by atoms with E-state index in [1.165, 1.54) is 4.57 Å². The Bertz CT molecular complexity index is 672. The molecule has 1 heterocycles. The van der Waals surface area contributed by atoms with Crippen LogP contribution in [-0.4, -0.2) is 11.2 Å². The predicted octanol–water partition coefficient (Wildman–Crippen LogP) is 3.04. The van der Waals surface area contributed by atoms with E-state index < -0.39 is 5.76 Å². The molecule has 2 aromatic rings. The normalized spacial score (nSPS) is 10.8. The maximum absolute atomic E-state index is 11.4. The Balaban J connectivity index is 2.45. The summed E-state index contributed by atoms with van der Waals surface area (Å²) in [6.45, 7) is 2.79. The quantitative estimate of drug-likeness (QED) is 0.629. The number of hydrogen-bond acceptors (Lipinski definition) is 4. The van der Waals surface area contributed by atoms with Crippen LogP contribution in [0.4, 0.5) is 0 Å².